The molecule has 2 aromatic carbocycles. The molecule has 5 heteroatoms. The lowest BCUT2D eigenvalue weighted by atomic mass is 10.1. The molecule has 21 heavy (non-hydrogen) atoms. The summed E-state index contributed by atoms with van der Waals surface area (Å²) in [4.78, 5) is 10.9. The minimum atomic E-state index is -0.338. The number of nitrogens with two attached hydrogens (primary N) is 1. The SMILES string of the molecule is CC(Nc1ccc(CC(N)=O)cc1)c1cc(Cl)ccc1Cl. The van der Waals surface area contributed by atoms with Gasteiger partial charge in [-0.3, -0.25) is 4.79 Å². The summed E-state index contributed by atoms with van der Waals surface area (Å²) < 4.78 is 0. The standard InChI is InChI=1S/C16H16Cl2N2O/c1-10(14-9-12(17)4-7-15(14)18)20-13-5-2-11(3-6-13)8-16(19)21/h2-7,9-10,20H,8H2,1H3,(H2,19,21). The molecule has 0 spiro atoms. The first-order chi connectivity index (χ1) is 9.95. The molecule has 0 saturated heterocycles. The molecule has 1 atom stereocenters. The van der Waals surface area contributed by atoms with Crippen LogP contribution in [0.15, 0.2) is 42.5 Å². The molecule has 2 aromatic rings. The highest BCUT2D eigenvalue weighted by molar-refractivity contribution is 6.33. The van der Waals surface area contributed by atoms with E-state index in [1.807, 2.05) is 37.3 Å². The molecular weight excluding hydrogens is 307 g/mol. The van der Waals surface area contributed by atoms with Crippen LogP contribution in [0.5, 0.6) is 0 Å². The summed E-state index contributed by atoms with van der Waals surface area (Å²) in [6, 6.07) is 13.0. The number of rotatable bonds is 5. The number of primary amides is 1. The second-order valence-corrected chi connectivity index (χ2v) is 5.72. The molecule has 0 heterocycles. The maximum absolute atomic E-state index is 10.9. The quantitative estimate of drug-likeness (QED) is 0.867. The number of carbonyl (C=O) groups excluding carboxylic acids is 1. The van der Waals surface area contributed by atoms with Crippen molar-refractivity contribution in [1.82, 2.24) is 0 Å². The van der Waals surface area contributed by atoms with Crippen molar-refractivity contribution < 1.29 is 4.79 Å². The van der Waals surface area contributed by atoms with E-state index in [-0.39, 0.29) is 18.4 Å². The molecule has 0 aromatic heterocycles. The zero-order valence-corrected chi connectivity index (χ0v) is 13.1. The third kappa shape index (κ3) is 4.38. The Labute approximate surface area is 134 Å². The van der Waals surface area contributed by atoms with E-state index in [2.05, 4.69) is 5.32 Å². The predicted molar refractivity (Wildman–Crippen MR) is 87.8 cm³/mol. The van der Waals surface area contributed by atoms with Gasteiger partial charge in [-0.15, -0.1) is 0 Å². The van der Waals surface area contributed by atoms with Gasteiger partial charge in [0.25, 0.3) is 0 Å². The fraction of sp³-hybridized carbons (Fsp3) is 0.188. The lowest BCUT2D eigenvalue weighted by Gasteiger charge is -2.17. The molecule has 0 saturated carbocycles. The lowest BCUT2D eigenvalue weighted by molar-refractivity contribution is -0.117. The monoisotopic (exact) mass is 322 g/mol. The van der Waals surface area contributed by atoms with Crippen molar-refractivity contribution >= 4 is 34.8 Å². The van der Waals surface area contributed by atoms with Crippen LogP contribution in [0, 0.1) is 0 Å². The topological polar surface area (TPSA) is 55.1 Å². The number of halogens is 2. The molecule has 2 rings (SSSR count). The van der Waals surface area contributed by atoms with Gasteiger partial charge in [0.05, 0.1) is 12.5 Å². The number of hydrogen-bond donors (Lipinski definition) is 2. The van der Waals surface area contributed by atoms with E-state index in [1.165, 1.54) is 0 Å². The summed E-state index contributed by atoms with van der Waals surface area (Å²) in [5.41, 5.74) is 7.93. The molecule has 0 aliphatic heterocycles. The van der Waals surface area contributed by atoms with Crippen molar-refractivity contribution in [3.8, 4) is 0 Å². The summed E-state index contributed by atoms with van der Waals surface area (Å²) >= 11 is 12.2. The molecule has 0 bridgehead atoms. The van der Waals surface area contributed by atoms with Crippen LogP contribution in [0.2, 0.25) is 10.0 Å². The van der Waals surface area contributed by atoms with Crippen LogP contribution in [0.3, 0.4) is 0 Å². The molecule has 3 nitrogen and oxygen atoms in total. The smallest absolute Gasteiger partial charge is 0.221 e. The highest BCUT2D eigenvalue weighted by Crippen LogP contribution is 2.28. The highest BCUT2D eigenvalue weighted by atomic mass is 35.5. The molecule has 3 N–H and O–H groups in total. The Morgan fingerprint density at radius 1 is 1.19 bits per heavy atom. The molecule has 1 amide bonds. The van der Waals surface area contributed by atoms with Crippen LogP contribution in [-0.4, -0.2) is 5.91 Å². The largest absolute Gasteiger partial charge is 0.378 e. The minimum absolute atomic E-state index is 0.0122. The lowest BCUT2D eigenvalue weighted by Crippen LogP contribution is -2.13. The summed E-state index contributed by atoms with van der Waals surface area (Å²) in [5.74, 6) is -0.338. The van der Waals surface area contributed by atoms with Crippen LogP contribution in [-0.2, 0) is 11.2 Å². The van der Waals surface area contributed by atoms with E-state index in [1.54, 1.807) is 12.1 Å². The van der Waals surface area contributed by atoms with Gasteiger partial charge in [0.1, 0.15) is 0 Å². The molecule has 1 unspecified atom stereocenters. The van der Waals surface area contributed by atoms with E-state index in [0.717, 1.165) is 16.8 Å². The van der Waals surface area contributed by atoms with Gasteiger partial charge >= 0.3 is 0 Å². The Morgan fingerprint density at radius 2 is 1.86 bits per heavy atom. The van der Waals surface area contributed by atoms with Crippen molar-refractivity contribution in [2.24, 2.45) is 5.73 Å². The molecular formula is C16H16Cl2N2O. The van der Waals surface area contributed by atoms with E-state index in [0.29, 0.717) is 10.0 Å². The molecule has 0 aliphatic rings. The average molecular weight is 323 g/mol. The van der Waals surface area contributed by atoms with E-state index < -0.39 is 0 Å². The van der Waals surface area contributed by atoms with Crippen molar-refractivity contribution in [2.45, 2.75) is 19.4 Å². The molecule has 110 valence electrons. The number of hydrogen-bond acceptors (Lipinski definition) is 2. The Morgan fingerprint density at radius 3 is 2.48 bits per heavy atom. The van der Waals surface area contributed by atoms with Gasteiger partial charge in [0.15, 0.2) is 0 Å². The van der Waals surface area contributed by atoms with Crippen molar-refractivity contribution in [3.63, 3.8) is 0 Å². The van der Waals surface area contributed by atoms with Gasteiger partial charge in [-0.1, -0.05) is 35.3 Å². The van der Waals surface area contributed by atoms with E-state index in [4.69, 9.17) is 28.9 Å². The van der Waals surface area contributed by atoms with Crippen LogP contribution >= 0.6 is 23.2 Å². The number of amides is 1. The summed E-state index contributed by atoms with van der Waals surface area (Å²) in [7, 11) is 0. The van der Waals surface area contributed by atoms with Crippen LogP contribution in [0.1, 0.15) is 24.1 Å². The normalized spacial score (nSPS) is 12.0. The summed E-state index contributed by atoms with van der Waals surface area (Å²) in [6.45, 7) is 2.01. The van der Waals surface area contributed by atoms with Crippen molar-refractivity contribution in [2.75, 3.05) is 5.32 Å². The maximum Gasteiger partial charge on any atom is 0.221 e. The van der Waals surface area contributed by atoms with Gasteiger partial charge in [-0.05, 0) is 48.4 Å². The molecule has 0 fully saturated rings. The van der Waals surface area contributed by atoms with Crippen LogP contribution < -0.4 is 11.1 Å². The number of carbonyl (C=O) groups is 1. The van der Waals surface area contributed by atoms with Crippen LogP contribution in [0.25, 0.3) is 0 Å². The Hall–Kier alpha value is -1.71. The Kier molecular flexibility index (Phi) is 5.10. The van der Waals surface area contributed by atoms with Crippen LogP contribution in [0.4, 0.5) is 5.69 Å². The average Bonchev–Trinajstić information content (AvgIpc) is 2.43. The zero-order valence-electron chi connectivity index (χ0n) is 11.6. The van der Waals surface area contributed by atoms with Crippen molar-refractivity contribution in [3.05, 3.63) is 63.6 Å². The first-order valence-electron chi connectivity index (χ1n) is 6.54. The number of nitrogens with one attached hydrogen (secondary N) is 1. The minimum Gasteiger partial charge on any atom is -0.378 e. The second kappa shape index (κ2) is 6.83. The molecule has 0 radical (unpaired) electrons. The number of benzene rings is 2. The summed E-state index contributed by atoms with van der Waals surface area (Å²) in [6.07, 6.45) is 0.246. The van der Waals surface area contributed by atoms with E-state index >= 15 is 0 Å². The first-order valence-corrected chi connectivity index (χ1v) is 7.30. The fourth-order valence-electron chi connectivity index (χ4n) is 2.09. The highest BCUT2D eigenvalue weighted by Gasteiger charge is 2.10. The predicted octanol–water partition coefficient (Wildman–Crippen LogP) is 4.19. The van der Waals surface area contributed by atoms with E-state index in [9.17, 15) is 4.79 Å². The Bertz CT molecular complexity index is 641. The first kappa shape index (κ1) is 15.7. The van der Waals surface area contributed by atoms with Gasteiger partial charge in [-0.25, -0.2) is 0 Å². The zero-order chi connectivity index (χ0) is 15.4. The van der Waals surface area contributed by atoms with Gasteiger partial charge < -0.3 is 11.1 Å². The van der Waals surface area contributed by atoms with Crippen molar-refractivity contribution in [1.29, 1.82) is 0 Å². The third-order valence-electron chi connectivity index (χ3n) is 3.14. The van der Waals surface area contributed by atoms with Gasteiger partial charge in [0, 0.05) is 15.7 Å². The third-order valence-corrected chi connectivity index (χ3v) is 3.72. The Balaban J connectivity index is 2.10. The summed E-state index contributed by atoms with van der Waals surface area (Å²) in [5, 5.41) is 4.67. The fourth-order valence-corrected chi connectivity index (χ4v) is 2.56. The number of anilines is 1. The maximum atomic E-state index is 10.9. The molecule has 0 aliphatic carbocycles. The van der Waals surface area contributed by atoms with Gasteiger partial charge in [-0.2, -0.15) is 0 Å². The second-order valence-electron chi connectivity index (χ2n) is 4.87. The van der Waals surface area contributed by atoms with Gasteiger partial charge in [0.2, 0.25) is 5.91 Å².